The zero-order valence-corrected chi connectivity index (χ0v) is 8.63. The average Bonchev–Trinajstić information content (AvgIpc) is 2.16. The van der Waals surface area contributed by atoms with Gasteiger partial charge in [0.2, 0.25) is 0 Å². The Balaban J connectivity index is 3.29. The summed E-state index contributed by atoms with van der Waals surface area (Å²) in [5.74, 6) is -0.605. The van der Waals surface area contributed by atoms with Crippen LogP contribution in [0, 0.1) is 6.92 Å². The molecule has 1 aromatic carbocycles. The molecule has 1 atom stereocenters. The van der Waals surface area contributed by atoms with Gasteiger partial charge in [-0.2, -0.15) is 0 Å². The summed E-state index contributed by atoms with van der Waals surface area (Å²) in [6.07, 6.45) is 0. The van der Waals surface area contributed by atoms with Crippen molar-refractivity contribution in [3.05, 3.63) is 29.3 Å². The maximum absolute atomic E-state index is 11.2. The molecule has 0 bridgehead atoms. The standard InChI is InChI=1S/C9H10O4S/c1-6-3-4-8(14(11)12)7(5-6)9(10)13-2/h3-5H,1-2H3,(H,11,12). The Morgan fingerprint density at radius 2 is 2.14 bits per heavy atom. The van der Waals surface area contributed by atoms with Crippen molar-refractivity contribution >= 4 is 17.0 Å². The molecule has 0 aliphatic heterocycles. The van der Waals surface area contributed by atoms with E-state index in [0.717, 1.165) is 5.56 Å². The second kappa shape index (κ2) is 4.34. The van der Waals surface area contributed by atoms with Gasteiger partial charge in [-0.15, -0.1) is 0 Å². The van der Waals surface area contributed by atoms with Gasteiger partial charge in [0.25, 0.3) is 0 Å². The van der Waals surface area contributed by atoms with Gasteiger partial charge in [-0.25, -0.2) is 9.00 Å². The summed E-state index contributed by atoms with van der Waals surface area (Å²) in [4.78, 5) is 11.3. The van der Waals surface area contributed by atoms with E-state index in [4.69, 9.17) is 4.55 Å². The molecule has 0 heterocycles. The molecule has 14 heavy (non-hydrogen) atoms. The Bertz CT molecular complexity index is 386. The van der Waals surface area contributed by atoms with Crippen LogP contribution in [-0.2, 0) is 15.8 Å². The van der Waals surface area contributed by atoms with Crippen LogP contribution in [0.15, 0.2) is 23.1 Å². The minimum Gasteiger partial charge on any atom is -0.465 e. The molecule has 1 rings (SSSR count). The molecule has 0 fully saturated rings. The number of rotatable bonds is 2. The molecule has 0 spiro atoms. The second-order valence-corrected chi connectivity index (χ2v) is 3.68. The van der Waals surface area contributed by atoms with Crippen molar-refractivity contribution in [3.8, 4) is 0 Å². The third-order valence-corrected chi connectivity index (χ3v) is 2.46. The van der Waals surface area contributed by atoms with Gasteiger partial charge in [0, 0.05) is 0 Å². The zero-order valence-electron chi connectivity index (χ0n) is 7.81. The van der Waals surface area contributed by atoms with Gasteiger partial charge in [0.15, 0.2) is 11.1 Å². The lowest BCUT2D eigenvalue weighted by atomic mass is 10.1. The van der Waals surface area contributed by atoms with Crippen LogP contribution in [0.25, 0.3) is 0 Å². The Hall–Kier alpha value is -1.20. The van der Waals surface area contributed by atoms with Gasteiger partial charge in [-0.05, 0) is 19.1 Å². The first-order valence-corrected chi connectivity index (χ1v) is 4.96. The SMILES string of the molecule is COC(=O)c1cc(C)ccc1S(=O)O. The number of hydrogen-bond acceptors (Lipinski definition) is 3. The average molecular weight is 214 g/mol. The molecule has 0 aliphatic carbocycles. The van der Waals surface area contributed by atoms with Gasteiger partial charge >= 0.3 is 5.97 Å². The van der Waals surface area contributed by atoms with E-state index in [9.17, 15) is 9.00 Å². The lowest BCUT2D eigenvalue weighted by molar-refractivity contribution is 0.0596. The van der Waals surface area contributed by atoms with E-state index < -0.39 is 17.0 Å². The lowest BCUT2D eigenvalue weighted by Crippen LogP contribution is -2.07. The monoisotopic (exact) mass is 214 g/mol. The number of carbonyl (C=O) groups is 1. The molecule has 1 N–H and O–H groups in total. The number of aryl methyl sites for hydroxylation is 1. The largest absolute Gasteiger partial charge is 0.465 e. The molecule has 0 saturated carbocycles. The van der Waals surface area contributed by atoms with Crippen LogP contribution < -0.4 is 0 Å². The Morgan fingerprint density at radius 3 is 2.64 bits per heavy atom. The van der Waals surface area contributed by atoms with Crippen molar-refractivity contribution in [2.75, 3.05) is 7.11 Å². The van der Waals surface area contributed by atoms with E-state index in [0.29, 0.717) is 0 Å². The number of benzene rings is 1. The highest BCUT2D eigenvalue weighted by Crippen LogP contribution is 2.15. The van der Waals surface area contributed by atoms with Gasteiger partial charge in [0.1, 0.15) is 0 Å². The molecule has 4 nitrogen and oxygen atoms in total. The van der Waals surface area contributed by atoms with E-state index >= 15 is 0 Å². The minimum absolute atomic E-state index is 0.0717. The van der Waals surface area contributed by atoms with Gasteiger partial charge in [-0.3, -0.25) is 0 Å². The molecule has 76 valence electrons. The van der Waals surface area contributed by atoms with E-state index in [1.807, 2.05) is 0 Å². The van der Waals surface area contributed by atoms with Gasteiger partial charge in [0.05, 0.1) is 17.6 Å². The highest BCUT2D eigenvalue weighted by atomic mass is 32.2. The van der Waals surface area contributed by atoms with Crippen molar-refractivity contribution in [3.63, 3.8) is 0 Å². The summed E-state index contributed by atoms with van der Waals surface area (Å²) < 4.78 is 24.3. The second-order valence-electron chi connectivity index (χ2n) is 2.74. The lowest BCUT2D eigenvalue weighted by Gasteiger charge is -2.04. The minimum atomic E-state index is -2.17. The van der Waals surface area contributed by atoms with E-state index in [1.165, 1.54) is 19.2 Å². The third kappa shape index (κ3) is 2.18. The van der Waals surface area contributed by atoms with Crippen molar-refractivity contribution in [1.29, 1.82) is 0 Å². The van der Waals surface area contributed by atoms with Crippen LogP contribution in [0.2, 0.25) is 0 Å². The molecule has 1 aromatic rings. The van der Waals surface area contributed by atoms with E-state index in [-0.39, 0.29) is 10.5 Å². The number of hydrogen-bond donors (Lipinski definition) is 1. The number of esters is 1. The van der Waals surface area contributed by atoms with Crippen molar-refractivity contribution in [2.24, 2.45) is 0 Å². The molecule has 1 unspecified atom stereocenters. The van der Waals surface area contributed by atoms with Gasteiger partial charge in [-0.1, -0.05) is 11.6 Å². The Labute approximate surface area is 84.2 Å². The van der Waals surface area contributed by atoms with Crippen molar-refractivity contribution in [2.45, 2.75) is 11.8 Å². The summed E-state index contributed by atoms with van der Waals surface area (Å²) >= 11 is -2.17. The molecular formula is C9H10O4S. The van der Waals surface area contributed by atoms with Crippen LogP contribution in [0.5, 0.6) is 0 Å². The first-order valence-electron chi connectivity index (χ1n) is 3.86. The molecule has 0 amide bonds. The van der Waals surface area contributed by atoms with Gasteiger partial charge < -0.3 is 9.29 Å². The number of methoxy groups -OCH3 is 1. The first kappa shape index (κ1) is 10.9. The van der Waals surface area contributed by atoms with E-state index in [2.05, 4.69) is 4.74 Å². The predicted octanol–water partition coefficient (Wildman–Crippen LogP) is 1.36. The van der Waals surface area contributed by atoms with Crippen LogP contribution in [0.3, 0.4) is 0 Å². The molecule has 5 heteroatoms. The van der Waals surface area contributed by atoms with Crippen LogP contribution >= 0.6 is 0 Å². The van der Waals surface area contributed by atoms with Crippen LogP contribution in [-0.4, -0.2) is 21.8 Å². The first-order chi connectivity index (χ1) is 6.56. The van der Waals surface area contributed by atoms with Crippen molar-refractivity contribution in [1.82, 2.24) is 0 Å². The summed E-state index contributed by atoms with van der Waals surface area (Å²) in [7, 11) is 1.23. The van der Waals surface area contributed by atoms with Crippen LogP contribution in [0.4, 0.5) is 0 Å². The smallest absolute Gasteiger partial charge is 0.339 e. The topological polar surface area (TPSA) is 63.6 Å². The fourth-order valence-electron chi connectivity index (χ4n) is 1.07. The highest BCUT2D eigenvalue weighted by molar-refractivity contribution is 7.79. The quantitative estimate of drug-likeness (QED) is 0.596. The molecule has 0 aliphatic rings. The molecule has 0 radical (unpaired) electrons. The molecule has 0 saturated heterocycles. The summed E-state index contributed by atoms with van der Waals surface area (Å²) in [5, 5.41) is 0. The Morgan fingerprint density at radius 1 is 1.50 bits per heavy atom. The maximum Gasteiger partial charge on any atom is 0.339 e. The Kier molecular flexibility index (Phi) is 3.38. The summed E-state index contributed by atoms with van der Waals surface area (Å²) in [6.45, 7) is 1.79. The fraction of sp³-hybridized carbons (Fsp3) is 0.222. The van der Waals surface area contributed by atoms with Crippen LogP contribution in [0.1, 0.15) is 15.9 Å². The number of carbonyl (C=O) groups excluding carboxylic acids is 1. The maximum atomic E-state index is 11.2. The fourth-order valence-corrected chi connectivity index (χ4v) is 1.58. The summed E-state index contributed by atoms with van der Waals surface area (Å²) in [6, 6.07) is 4.63. The van der Waals surface area contributed by atoms with E-state index in [1.54, 1.807) is 13.0 Å². The normalized spacial score (nSPS) is 12.2. The molecule has 0 aromatic heterocycles. The molecular weight excluding hydrogens is 204 g/mol. The van der Waals surface area contributed by atoms with Crippen molar-refractivity contribution < 1.29 is 18.3 Å². The zero-order chi connectivity index (χ0) is 10.7. The third-order valence-electron chi connectivity index (χ3n) is 1.73. The number of ether oxygens (including phenoxy) is 1. The summed E-state index contributed by atoms with van der Waals surface area (Å²) in [5.41, 5.74) is 0.966. The predicted molar refractivity (Wildman–Crippen MR) is 51.6 cm³/mol. The highest BCUT2D eigenvalue weighted by Gasteiger charge is 2.15.